The molecule has 1 N–H and O–H groups in total. The molecule has 0 unspecified atom stereocenters. The fraction of sp³-hybridized carbons (Fsp3) is 0.571. The van der Waals surface area contributed by atoms with Gasteiger partial charge in [-0.15, -0.1) is 0 Å². The monoisotopic (exact) mass is 282 g/mol. The van der Waals surface area contributed by atoms with Gasteiger partial charge in [-0.3, -0.25) is 0 Å². The SMILES string of the molecule is CCCNc1ccccc1S(=O)(=O)N(C)CC1CC1. The molecule has 0 heterocycles. The minimum absolute atomic E-state index is 0.381. The van der Waals surface area contributed by atoms with E-state index in [-0.39, 0.29) is 0 Å². The Labute approximate surface area is 115 Å². The first-order valence-corrected chi connectivity index (χ1v) is 8.29. The topological polar surface area (TPSA) is 49.4 Å². The Hall–Kier alpha value is -1.07. The molecule has 106 valence electrons. The van der Waals surface area contributed by atoms with Crippen LogP contribution in [0, 0.1) is 5.92 Å². The van der Waals surface area contributed by atoms with Crippen molar-refractivity contribution in [3.63, 3.8) is 0 Å². The number of hydrogen-bond acceptors (Lipinski definition) is 3. The molecule has 2 rings (SSSR count). The van der Waals surface area contributed by atoms with E-state index in [0.717, 1.165) is 25.8 Å². The molecule has 0 radical (unpaired) electrons. The van der Waals surface area contributed by atoms with Crippen LogP contribution in [0.15, 0.2) is 29.2 Å². The summed E-state index contributed by atoms with van der Waals surface area (Å²) in [7, 11) is -1.71. The summed E-state index contributed by atoms with van der Waals surface area (Å²) in [6, 6.07) is 7.14. The summed E-state index contributed by atoms with van der Waals surface area (Å²) in [6.07, 6.45) is 3.26. The third-order valence-corrected chi connectivity index (χ3v) is 5.23. The highest BCUT2D eigenvalue weighted by molar-refractivity contribution is 7.89. The number of hydrogen-bond donors (Lipinski definition) is 1. The van der Waals surface area contributed by atoms with Crippen molar-refractivity contribution in [2.24, 2.45) is 5.92 Å². The second-order valence-electron chi connectivity index (χ2n) is 5.15. The normalized spacial score (nSPS) is 15.7. The summed E-state index contributed by atoms with van der Waals surface area (Å²) < 4.78 is 26.6. The van der Waals surface area contributed by atoms with Gasteiger partial charge in [0.2, 0.25) is 10.0 Å². The fourth-order valence-electron chi connectivity index (χ4n) is 2.03. The third kappa shape index (κ3) is 3.48. The molecule has 0 atom stereocenters. The van der Waals surface area contributed by atoms with E-state index in [4.69, 9.17) is 0 Å². The molecule has 0 saturated heterocycles. The lowest BCUT2D eigenvalue weighted by Gasteiger charge is -2.19. The van der Waals surface area contributed by atoms with E-state index in [2.05, 4.69) is 12.2 Å². The Balaban J connectivity index is 2.22. The molecule has 0 amide bonds. The first-order valence-electron chi connectivity index (χ1n) is 6.85. The van der Waals surface area contributed by atoms with Gasteiger partial charge in [0.25, 0.3) is 0 Å². The van der Waals surface area contributed by atoms with Crippen molar-refractivity contribution in [3.8, 4) is 0 Å². The van der Waals surface area contributed by atoms with E-state index >= 15 is 0 Å². The lowest BCUT2D eigenvalue weighted by Crippen LogP contribution is -2.29. The van der Waals surface area contributed by atoms with Crippen LogP contribution in [0.3, 0.4) is 0 Å². The molecule has 1 saturated carbocycles. The van der Waals surface area contributed by atoms with Crippen LogP contribution in [-0.2, 0) is 10.0 Å². The van der Waals surface area contributed by atoms with Crippen molar-refractivity contribution >= 4 is 15.7 Å². The minimum atomic E-state index is -3.38. The van der Waals surface area contributed by atoms with Crippen LogP contribution in [0.2, 0.25) is 0 Å². The molecule has 19 heavy (non-hydrogen) atoms. The highest BCUT2D eigenvalue weighted by atomic mass is 32.2. The standard InChI is InChI=1S/C14H22N2O2S/c1-3-10-15-13-6-4-5-7-14(13)19(17,18)16(2)11-12-8-9-12/h4-7,12,15H,3,8-11H2,1-2H3. The van der Waals surface area contributed by atoms with E-state index < -0.39 is 10.0 Å². The summed E-state index contributed by atoms with van der Waals surface area (Å²) in [5.74, 6) is 0.551. The van der Waals surface area contributed by atoms with Crippen LogP contribution >= 0.6 is 0 Å². The maximum Gasteiger partial charge on any atom is 0.244 e. The minimum Gasteiger partial charge on any atom is -0.384 e. The number of rotatable bonds is 7. The van der Waals surface area contributed by atoms with Crippen LogP contribution in [0.25, 0.3) is 0 Å². The van der Waals surface area contributed by atoms with Gasteiger partial charge in [-0.25, -0.2) is 12.7 Å². The van der Waals surface area contributed by atoms with Crippen molar-refractivity contribution in [1.82, 2.24) is 4.31 Å². The average Bonchev–Trinajstić information content (AvgIpc) is 3.20. The highest BCUT2D eigenvalue weighted by Crippen LogP contribution is 2.32. The predicted molar refractivity (Wildman–Crippen MR) is 77.8 cm³/mol. The van der Waals surface area contributed by atoms with Gasteiger partial charge in [-0.1, -0.05) is 19.1 Å². The number of benzene rings is 1. The summed E-state index contributed by atoms with van der Waals surface area (Å²) in [6.45, 7) is 3.46. The largest absolute Gasteiger partial charge is 0.384 e. The molecule has 1 fully saturated rings. The van der Waals surface area contributed by atoms with E-state index in [1.165, 1.54) is 4.31 Å². The lowest BCUT2D eigenvalue weighted by atomic mass is 10.3. The Morgan fingerprint density at radius 2 is 2.00 bits per heavy atom. The second kappa shape index (κ2) is 5.92. The molecule has 0 aromatic heterocycles. The van der Waals surface area contributed by atoms with Crippen LogP contribution in [0.5, 0.6) is 0 Å². The summed E-state index contributed by atoms with van der Waals surface area (Å²) in [5.41, 5.74) is 0.701. The van der Waals surface area contributed by atoms with Gasteiger partial charge < -0.3 is 5.32 Å². The van der Waals surface area contributed by atoms with Crippen LogP contribution in [0.4, 0.5) is 5.69 Å². The van der Waals surface area contributed by atoms with Gasteiger partial charge in [0.05, 0.1) is 5.69 Å². The molecule has 1 aliphatic rings. The molecule has 0 bridgehead atoms. The predicted octanol–water partition coefficient (Wildman–Crippen LogP) is 2.54. The molecule has 1 aliphatic carbocycles. The maximum atomic E-state index is 12.6. The number of nitrogens with one attached hydrogen (secondary N) is 1. The smallest absolute Gasteiger partial charge is 0.244 e. The Morgan fingerprint density at radius 3 is 2.63 bits per heavy atom. The number of para-hydroxylation sites is 1. The zero-order valence-corrected chi connectivity index (χ0v) is 12.4. The van der Waals surface area contributed by atoms with Gasteiger partial charge in [0, 0.05) is 20.1 Å². The molecule has 4 nitrogen and oxygen atoms in total. The quantitative estimate of drug-likeness (QED) is 0.836. The number of anilines is 1. The van der Waals surface area contributed by atoms with E-state index in [1.54, 1.807) is 19.2 Å². The van der Waals surface area contributed by atoms with Gasteiger partial charge in [0.15, 0.2) is 0 Å². The Kier molecular flexibility index (Phi) is 4.47. The van der Waals surface area contributed by atoms with E-state index in [9.17, 15) is 8.42 Å². The fourth-order valence-corrected chi connectivity index (χ4v) is 3.44. The Bertz CT molecular complexity index is 524. The number of sulfonamides is 1. The molecule has 5 heteroatoms. The highest BCUT2D eigenvalue weighted by Gasteiger charge is 2.30. The van der Waals surface area contributed by atoms with Crippen LogP contribution < -0.4 is 5.32 Å². The summed E-state index contributed by atoms with van der Waals surface area (Å²) >= 11 is 0. The third-order valence-electron chi connectivity index (χ3n) is 3.35. The summed E-state index contributed by atoms with van der Waals surface area (Å²) in [5, 5.41) is 3.19. The zero-order valence-electron chi connectivity index (χ0n) is 11.6. The van der Waals surface area contributed by atoms with Crippen molar-refractivity contribution in [2.45, 2.75) is 31.1 Å². The molecular weight excluding hydrogens is 260 g/mol. The van der Waals surface area contributed by atoms with E-state index in [0.29, 0.717) is 23.0 Å². The van der Waals surface area contributed by atoms with E-state index in [1.807, 2.05) is 12.1 Å². The van der Waals surface area contributed by atoms with Crippen molar-refractivity contribution in [3.05, 3.63) is 24.3 Å². The molecule has 1 aromatic rings. The first kappa shape index (κ1) is 14.3. The zero-order chi connectivity index (χ0) is 13.9. The number of nitrogens with zero attached hydrogens (tertiary/aromatic N) is 1. The molecule has 0 spiro atoms. The molecule has 1 aromatic carbocycles. The van der Waals surface area contributed by atoms with Crippen LogP contribution in [-0.4, -0.2) is 32.9 Å². The van der Waals surface area contributed by atoms with Gasteiger partial charge in [-0.2, -0.15) is 0 Å². The van der Waals surface area contributed by atoms with Crippen LogP contribution in [0.1, 0.15) is 26.2 Å². The first-order chi connectivity index (χ1) is 9.05. The lowest BCUT2D eigenvalue weighted by molar-refractivity contribution is 0.453. The average molecular weight is 282 g/mol. The Morgan fingerprint density at radius 1 is 1.32 bits per heavy atom. The molecular formula is C14H22N2O2S. The molecule has 0 aliphatic heterocycles. The summed E-state index contributed by atoms with van der Waals surface area (Å²) in [4.78, 5) is 0.381. The van der Waals surface area contributed by atoms with Crippen molar-refractivity contribution in [1.29, 1.82) is 0 Å². The maximum absolute atomic E-state index is 12.6. The van der Waals surface area contributed by atoms with Gasteiger partial charge in [-0.05, 0) is 37.3 Å². The van der Waals surface area contributed by atoms with Crippen molar-refractivity contribution in [2.75, 3.05) is 25.5 Å². The van der Waals surface area contributed by atoms with Crippen molar-refractivity contribution < 1.29 is 8.42 Å². The van der Waals surface area contributed by atoms with Gasteiger partial charge in [0.1, 0.15) is 4.90 Å². The van der Waals surface area contributed by atoms with Gasteiger partial charge >= 0.3 is 0 Å². The second-order valence-corrected chi connectivity index (χ2v) is 7.17.